The average Bonchev–Trinajstić information content (AvgIpc) is 3.09. The summed E-state index contributed by atoms with van der Waals surface area (Å²) in [5.74, 6) is -0.554. The van der Waals surface area contributed by atoms with Crippen LogP contribution in [0.1, 0.15) is 11.1 Å². The number of hydrogen-bond donors (Lipinski definition) is 0. The SMILES string of the molecule is N#CCOC(=O)/C=C/c1cn(Cc2ccccc2)nc1-c1ccccc1. The van der Waals surface area contributed by atoms with Crippen molar-refractivity contribution in [1.29, 1.82) is 5.26 Å². The summed E-state index contributed by atoms with van der Waals surface area (Å²) in [7, 11) is 0. The van der Waals surface area contributed by atoms with Crippen LogP contribution >= 0.6 is 0 Å². The molecule has 0 aliphatic rings. The van der Waals surface area contributed by atoms with Crippen molar-refractivity contribution >= 4 is 12.0 Å². The van der Waals surface area contributed by atoms with E-state index >= 15 is 0 Å². The zero-order valence-electron chi connectivity index (χ0n) is 14.1. The highest BCUT2D eigenvalue weighted by molar-refractivity contribution is 5.88. The second kappa shape index (κ2) is 8.45. The van der Waals surface area contributed by atoms with E-state index < -0.39 is 5.97 Å². The molecular formula is C21H17N3O2. The molecule has 3 rings (SSSR count). The van der Waals surface area contributed by atoms with Gasteiger partial charge in [0.2, 0.25) is 0 Å². The van der Waals surface area contributed by atoms with E-state index in [1.165, 1.54) is 6.08 Å². The van der Waals surface area contributed by atoms with Crippen LogP contribution in [0.3, 0.4) is 0 Å². The van der Waals surface area contributed by atoms with E-state index in [0.717, 1.165) is 22.4 Å². The van der Waals surface area contributed by atoms with Crippen LogP contribution in [0.5, 0.6) is 0 Å². The van der Waals surface area contributed by atoms with Crippen molar-refractivity contribution in [2.75, 3.05) is 6.61 Å². The number of ether oxygens (including phenoxy) is 1. The van der Waals surface area contributed by atoms with Crippen LogP contribution in [0.4, 0.5) is 0 Å². The number of carbonyl (C=O) groups excluding carboxylic acids is 1. The number of nitrogens with zero attached hydrogens (tertiary/aromatic N) is 3. The standard InChI is InChI=1S/C21H17N3O2/c22-13-14-26-20(25)12-11-19-16-24(15-17-7-3-1-4-8-17)23-21(19)18-9-5-2-6-10-18/h1-12,16H,14-15H2/b12-11+. The molecule has 0 saturated carbocycles. The summed E-state index contributed by atoms with van der Waals surface area (Å²) in [5.41, 5.74) is 3.69. The zero-order valence-corrected chi connectivity index (χ0v) is 14.1. The largest absolute Gasteiger partial charge is 0.447 e. The van der Waals surface area contributed by atoms with E-state index in [0.29, 0.717) is 6.54 Å². The number of nitriles is 1. The molecule has 0 amide bonds. The van der Waals surface area contributed by atoms with Crippen LogP contribution in [0.2, 0.25) is 0 Å². The Hall–Kier alpha value is -3.65. The van der Waals surface area contributed by atoms with Gasteiger partial charge in [-0.2, -0.15) is 10.4 Å². The Labute approximate surface area is 151 Å². The smallest absolute Gasteiger partial charge is 0.331 e. The molecule has 1 aromatic heterocycles. The maximum absolute atomic E-state index is 11.6. The molecule has 0 unspecified atom stereocenters. The molecule has 2 aromatic carbocycles. The first kappa shape index (κ1) is 17.2. The van der Waals surface area contributed by atoms with Crippen molar-refractivity contribution in [3.05, 3.63) is 84.1 Å². The zero-order chi connectivity index (χ0) is 18.2. The summed E-state index contributed by atoms with van der Waals surface area (Å²) < 4.78 is 6.59. The number of rotatable bonds is 6. The molecular weight excluding hydrogens is 326 g/mol. The van der Waals surface area contributed by atoms with Crippen LogP contribution in [-0.2, 0) is 16.1 Å². The van der Waals surface area contributed by atoms with Gasteiger partial charge in [0, 0.05) is 23.4 Å². The summed E-state index contributed by atoms with van der Waals surface area (Å²) in [6.45, 7) is 0.370. The van der Waals surface area contributed by atoms with Gasteiger partial charge in [0.1, 0.15) is 6.07 Å². The van der Waals surface area contributed by atoms with Gasteiger partial charge in [-0.05, 0) is 11.6 Å². The van der Waals surface area contributed by atoms with Crippen molar-refractivity contribution in [2.24, 2.45) is 0 Å². The van der Waals surface area contributed by atoms with Crippen molar-refractivity contribution in [3.8, 4) is 17.3 Å². The van der Waals surface area contributed by atoms with Gasteiger partial charge >= 0.3 is 5.97 Å². The minimum Gasteiger partial charge on any atom is -0.447 e. The fourth-order valence-corrected chi connectivity index (χ4v) is 2.54. The molecule has 5 heteroatoms. The molecule has 0 bridgehead atoms. The van der Waals surface area contributed by atoms with Gasteiger partial charge in [-0.1, -0.05) is 60.7 Å². The van der Waals surface area contributed by atoms with E-state index in [1.54, 1.807) is 12.1 Å². The summed E-state index contributed by atoms with van der Waals surface area (Å²) in [6.07, 6.45) is 4.87. The van der Waals surface area contributed by atoms with Gasteiger partial charge in [0.05, 0.1) is 12.2 Å². The Morgan fingerprint density at radius 2 is 1.81 bits per heavy atom. The Balaban J connectivity index is 1.89. The first-order chi connectivity index (χ1) is 12.8. The van der Waals surface area contributed by atoms with Crippen LogP contribution < -0.4 is 0 Å². The Bertz CT molecular complexity index is 938. The summed E-state index contributed by atoms with van der Waals surface area (Å²) in [6, 6.07) is 21.6. The molecule has 0 aliphatic heterocycles. The third-order valence-corrected chi connectivity index (χ3v) is 3.70. The summed E-state index contributed by atoms with van der Waals surface area (Å²) in [5, 5.41) is 13.1. The monoisotopic (exact) mass is 343 g/mol. The first-order valence-electron chi connectivity index (χ1n) is 8.15. The molecule has 1 heterocycles. The molecule has 128 valence electrons. The van der Waals surface area contributed by atoms with Crippen molar-refractivity contribution < 1.29 is 9.53 Å². The molecule has 26 heavy (non-hydrogen) atoms. The highest BCUT2D eigenvalue weighted by Crippen LogP contribution is 2.23. The van der Waals surface area contributed by atoms with Crippen LogP contribution in [0.25, 0.3) is 17.3 Å². The lowest BCUT2D eigenvalue weighted by molar-refractivity contribution is -0.136. The lowest BCUT2D eigenvalue weighted by atomic mass is 10.1. The Morgan fingerprint density at radius 1 is 1.12 bits per heavy atom. The lowest BCUT2D eigenvalue weighted by Crippen LogP contribution is -2.00. The maximum Gasteiger partial charge on any atom is 0.331 e. The highest BCUT2D eigenvalue weighted by atomic mass is 16.5. The van der Waals surface area contributed by atoms with Gasteiger partial charge < -0.3 is 4.74 Å². The molecule has 0 atom stereocenters. The predicted molar refractivity (Wildman–Crippen MR) is 98.8 cm³/mol. The molecule has 0 radical (unpaired) electrons. The van der Waals surface area contributed by atoms with Crippen molar-refractivity contribution in [2.45, 2.75) is 6.54 Å². The number of benzene rings is 2. The third kappa shape index (κ3) is 4.46. The summed E-state index contributed by atoms with van der Waals surface area (Å²) in [4.78, 5) is 11.6. The van der Waals surface area contributed by atoms with Crippen LogP contribution in [0.15, 0.2) is 72.9 Å². The number of esters is 1. The number of carbonyl (C=O) groups is 1. The van der Waals surface area contributed by atoms with Gasteiger partial charge in [-0.3, -0.25) is 4.68 Å². The molecule has 0 aliphatic carbocycles. The third-order valence-electron chi connectivity index (χ3n) is 3.70. The van der Waals surface area contributed by atoms with Crippen LogP contribution in [-0.4, -0.2) is 22.4 Å². The topological polar surface area (TPSA) is 67.9 Å². The van der Waals surface area contributed by atoms with E-state index in [4.69, 9.17) is 10.00 Å². The van der Waals surface area contributed by atoms with Crippen molar-refractivity contribution in [1.82, 2.24) is 9.78 Å². The maximum atomic E-state index is 11.6. The first-order valence-corrected chi connectivity index (χ1v) is 8.15. The number of aromatic nitrogens is 2. The van der Waals surface area contributed by atoms with Gasteiger partial charge in [0.25, 0.3) is 0 Å². The minimum absolute atomic E-state index is 0.262. The molecule has 3 aromatic rings. The highest BCUT2D eigenvalue weighted by Gasteiger charge is 2.10. The molecule has 0 N–H and O–H groups in total. The Kier molecular flexibility index (Phi) is 5.58. The average molecular weight is 343 g/mol. The molecule has 0 fully saturated rings. The summed E-state index contributed by atoms with van der Waals surface area (Å²) >= 11 is 0. The van der Waals surface area contributed by atoms with E-state index in [2.05, 4.69) is 5.10 Å². The lowest BCUT2D eigenvalue weighted by Gasteiger charge is -2.01. The van der Waals surface area contributed by atoms with Crippen molar-refractivity contribution in [3.63, 3.8) is 0 Å². The fourth-order valence-electron chi connectivity index (χ4n) is 2.54. The van der Waals surface area contributed by atoms with E-state index in [1.807, 2.05) is 71.5 Å². The predicted octanol–water partition coefficient (Wildman–Crippen LogP) is 3.68. The second-order valence-electron chi connectivity index (χ2n) is 5.58. The quantitative estimate of drug-likeness (QED) is 0.506. The van der Waals surface area contributed by atoms with Gasteiger partial charge in [-0.25, -0.2) is 4.79 Å². The minimum atomic E-state index is -0.554. The molecule has 0 saturated heterocycles. The van der Waals surface area contributed by atoms with Gasteiger partial charge in [-0.15, -0.1) is 0 Å². The van der Waals surface area contributed by atoms with E-state index in [-0.39, 0.29) is 6.61 Å². The van der Waals surface area contributed by atoms with Crippen LogP contribution in [0, 0.1) is 11.3 Å². The van der Waals surface area contributed by atoms with E-state index in [9.17, 15) is 4.79 Å². The fraction of sp³-hybridized carbons (Fsp3) is 0.0952. The Morgan fingerprint density at radius 3 is 2.50 bits per heavy atom. The van der Waals surface area contributed by atoms with Gasteiger partial charge in [0.15, 0.2) is 6.61 Å². The second-order valence-corrected chi connectivity index (χ2v) is 5.58. The number of hydrogen-bond acceptors (Lipinski definition) is 4. The molecule has 5 nitrogen and oxygen atoms in total. The molecule has 0 spiro atoms. The normalized spacial score (nSPS) is 10.6.